The number of hydrogen-bond donors (Lipinski definition) is 2. The summed E-state index contributed by atoms with van der Waals surface area (Å²) < 4.78 is 5.57. The minimum Gasteiger partial charge on any atom is -0.491 e. The monoisotopic (exact) mass is 279 g/mol. The van der Waals surface area contributed by atoms with Crippen molar-refractivity contribution in [2.45, 2.75) is 6.04 Å². The summed E-state index contributed by atoms with van der Waals surface area (Å²) in [6.07, 6.45) is 1.62. The SMILES string of the molecule is O=C(NC1COc2ccccc21)c1ccc2nc[nH]c2c1. The standard InChI is InChI=1S/C16H13N3O2/c20-16(10-5-6-12-13(7-10)18-9-17-12)19-14-8-21-15-4-2-1-3-11(14)15/h1-7,9,14H,8H2,(H,17,18)(H,19,20). The molecular formula is C16H13N3O2. The third-order valence-corrected chi connectivity index (χ3v) is 3.69. The molecule has 1 unspecified atom stereocenters. The number of aromatic nitrogens is 2. The first-order chi connectivity index (χ1) is 10.3. The Hall–Kier alpha value is -2.82. The van der Waals surface area contributed by atoms with E-state index in [9.17, 15) is 4.79 Å². The van der Waals surface area contributed by atoms with E-state index in [2.05, 4.69) is 15.3 Å². The molecule has 5 nitrogen and oxygen atoms in total. The van der Waals surface area contributed by atoms with Crippen LogP contribution in [0.2, 0.25) is 0 Å². The van der Waals surface area contributed by atoms with E-state index < -0.39 is 0 Å². The van der Waals surface area contributed by atoms with Gasteiger partial charge in [-0.25, -0.2) is 4.98 Å². The second-order valence-electron chi connectivity index (χ2n) is 5.01. The number of fused-ring (bicyclic) bond motifs is 2. The molecule has 1 aliphatic heterocycles. The number of ether oxygens (including phenoxy) is 1. The van der Waals surface area contributed by atoms with Gasteiger partial charge in [0.2, 0.25) is 0 Å². The molecule has 3 aromatic rings. The Balaban J connectivity index is 1.58. The Morgan fingerprint density at radius 2 is 2.19 bits per heavy atom. The first-order valence-corrected chi connectivity index (χ1v) is 6.77. The molecule has 2 N–H and O–H groups in total. The van der Waals surface area contributed by atoms with Gasteiger partial charge in [0.1, 0.15) is 12.4 Å². The Bertz CT molecular complexity index is 825. The number of carbonyl (C=O) groups excluding carboxylic acids is 1. The molecule has 0 saturated carbocycles. The maximum Gasteiger partial charge on any atom is 0.251 e. The van der Waals surface area contributed by atoms with Gasteiger partial charge in [0.25, 0.3) is 5.91 Å². The summed E-state index contributed by atoms with van der Waals surface area (Å²) in [5.41, 5.74) is 3.33. The molecule has 5 heteroatoms. The molecule has 1 atom stereocenters. The van der Waals surface area contributed by atoms with E-state index in [0.29, 0.717) is 12.2 Å². The molecule has 2 aromatic carbocycles. The zero-order chi connectivity index (χ0) is 14.2. The molecule has 4 rings (SSSR count). The van der Waals surface area contributed by atoms with Crippen molar-refractivity contribution in [1.29, 1.82) is 0 Å². The molecule has 0 spiro atoms. The van der Waals surface area contributed by atoms with Crippen LogP contribution in [0.25, 0.3) is 11.0 Å². The molecule has 0 fully saturated rings. The van der Waals surface area contributed by atoms with E-state index in [1.54, 1.807) is 18.5 Å². The fourth-order valence-electron chi connectivity index (χ4n) is 2.60. The number of benzene rings is 2. The fraction of sp³-hybridized carbons (Fsp3) is 0.125. The van der Waals surface area contributed by atoms with Crippen LogP contribution < -0.4 is 10.1 Å². The molecule has 1 aromatic heterocycles. The zero-order valence-electron chi connectivity index (χ0n) is 11.2. The number of amides is 1. The highest BCUT2D eigenvalue weighted by atomic mass is 16.5. The summed E-state index contributed by atoms with van der Waals surface area (Å²) in [6.45, 7) is 0.470. The molecule has 104 valence electrons. The Kier molecular flexibility index (Phi) is 2.64. The van der Waals surface area contributed by atoms with Crippen LogP contribution in [0.1, 0.15) is 22.0 Å². The van der Waals surface area contributed by atoms with E-state index >= 15 is 0 Å². The van der Waals surface area contributed by atoms with Gasteiger partial charge in [0, 0.05) is 11.1 Å². The number of H-pyrrole nitrogens is 1. The van der Waals surface area contributed by atoms with Gasteiger partial charge < -0.3 is 15.0 Å². The lowest BCUT2D eigenvalue weighted by Crippen LogP contribution is -2.29. The van der Waals surface area contributed by atoms with Crippen LogP contribution in [0.15, 0.2) is 48.8 Å². The lowest BCUT2D eigenvalue weighted by Gasteiger charge is -2.11. The van der Waals surface area contributed by atoms with E-state index in [1.165, 1.54) is 0 Å². The normalized spacial score (nSPS) is 16.5. The minimum atomic E-state index is -0.114. The number of aromatic amines is 1. The Labute approximate surface area is 121 Å². The molecule has 1 aliphatic rings. The Morgan fingerprint density at radius 1 is 1.29 bits per heavy atom. The molecule has 0 aliphatic carbocycles. The van der Waals surface area contributed by atoms with Crippen LogP contribution >= 0.6 is 0 Å². The average Bonchev–Trinajstić information content (AvgIpc) is 3.13. The third kappa shape index (κ3) is 2.03. The number of rotatable bonds is 2. The first kappa shape index (κ1) is 12.0. The quantitative estimate of drug-likeness (QED) is 0.757. The van der Waals surface area contributed by atoms with Gasteiger partial charge in [-0.05, 0) is 24.3 Å². The summed E-state index contributed by atoms with van der Waals surface area (Å²) in [4.78, 5) is 19.5. The summed E-state index contributed by atoms with van der Waals surface area (Å²) in [5, 5.41) is 3.01. The van der Waals surface area contributed by atoms with E-state index in [-0.39, 0.29) is 11.9 Å². The second-order valence-corrected chi connectivity index (χ2v) is 5.01. The first-order valence-electron chi connectivity index (χ1n) is 6.77. The van der Waals surface area contributed by atoms with Crippen LogP contribution in [0.4, 0.5) is 0 Å². The fourth-order valence-corrected chi connectivity index (χ4v) is 2.60. The van der Waals surface area contributed by atoms with Crippen LogP contribution in [-0.4, -0.2) is 22.5 Å². The lowest BCUT2D eigenvalue weighted by atomic mass is 10.1. The molecule has 2 heterocycles. The third-order valence-electron chi connectivity index (χ3n) is 3.69. The van der Waals surface area contributed by atoms with Gasteiger partial charge in [-0.1, -0.05) is 18.2 Å². The number of carbonyl (C=O) groups is 1. The largest absolute Gasteiger partial charge is 0.491 e. The van der Waals surface area contributed by atoms with Gasteiger partial charge in [-0.3, -0.25) is 4.79 Å². The van der Waals surface area contributed by atoms with Gasteiger partial charge in [0.15, 0.2) is 0 Å². The highest BCUT2D eigenvalue weighted by molar-refractivity contribution is 5.97. The van der Waals surface area contributed by atoms with Crippen molar-refractivity contribution in [1.82, 2.24) is 15.3 Å². The van der Waals surface area contributed by atoms with Crippen LogP contribution in [-0.2, 0) is 0 Å². The average molecular weight is 279 g/mol. The predicted molar refractivity (Wildman–Crippen MR) is 78.2 cm³/mol. The molecule has 1 amide bonds. The van der Waals surface area contributed by atoms with Crippen molar-refractivity contribution in [3.05, 3.63) is 59.9 Å². The molecular weight excluding hydrogens is 266 g/mol. The Morgan fingerprint density at radius 3 is 3.14 bits per heavy atom. The molecule has 0 bridgehead atoms. The van der Waals surface area contributed by atoms with Crippen molar-refractivity contribution >= 4 is 16.9 Å². The lowest BCUT2D eigenvalue weighted by molar-refractivity contribution is 0.0930. The van der Waals surface area contributed by atoms with Gasteiger partial charge in [-0.2, -0.15) is 0 Å². The van der Waals surface area contributed by atoms with Crippen LogP contribution in [0, 0.1) is 0 Å². The summed E-state index contributed by atoms with van der Waals surface area (Å²) in [5.74, 6) is 0.726. The van der Waals surface area contributed by atoms with Crippen molar-refractivity contribution in [2.24, 2.45) is 0 Å². The number of para-hydroxylation sites is 1. The highest BCUT2D eigenvalue weighted by Gasteiger charge is 2.25. The second kappa shape index (κ2) is 4.63. The number of imidazole rings is 1. The van der Waals surface area contributed by atoms with E-state index in [4.69, 9.17) is 4.74 Å². The summed E-state index contributed by atoms with van der Waals surface area (Å²) in [7, 11) is 0. The van der Waals surface area contributed by atoms with Gasteiger partial charge in [0.05, 0.1) is 23.4 Å². The van der Waals surface area contributed by atoms with Crippen molar-refractivity contribution < 1.29 is 9.53 Å². The number of nitrogens with one attached hydrogen (secondary N) is 2. The topological polar surface area (TPSA) is 67.0 Å². The maximum absolute atomic E-state index is 12.4. The van der Waals surface area contributed by atoms with Gasteiger partial charge >= 0.3 is 0 Å². The number of nitrogens with zero attached hydrogens (tertiary/aromatic N) is 1. The minimum absolute atomic E-state index is 0.105. The summed E-state index contributed by atoms with van der Waals surface area (Å²) in [6, 6.07) is 13.1. The maximum atomic E-state index is 12.4. The molecule has 0 radical (unpaired) electrons. The van der Waals surface area contributed by atoms with Crippen LogP contribution in [0.5, 0.6) is 5.75 Å². The van der Waals surface area contributed by atoms with Gasteiger partial charge in [-0.15, -0.1) is 0 Å². The predicted octanol–water partition coefficient (Wildman–Crippen LogP) is 2.43. The summed E-state index contributed by atoms with van der Waals surface area (Å²) >= 11 is 0. The van der Waals surface area contributed by atoms with Crippen LogP contribution in [0.3, 0.4) is 0 Å². The molecule has 21 heavy (non-hydrogen) atoms. The van der Waals surface area contributed by atoms with E-state index in [0.717, 1.165) is 22.3 Å². The number of hydrogen-bond acceptors (Lipinski definition) is 3. The van der Waals surface area contributed by atoms with E-state index in [1.807, 2.05) is 30.3 Å². The highest BCUT2D eigenvalue weighted by Crippen LogP contribution is 2.31. The van der Waals surface area contributed by atoms with Crippen molar-refractivity contribution in [2.75, 3.05) is 6.61 Å². The van der Waals surface area contributed by atoms with Crippen molar-refractivity contribution in [3.8, 4) is 5.75 Å². The smallest absolute Gasteiger partial charge is 0.251 e. The van der Waals surface area contributed by atoms with Crippen molar-refractivity contribution in [3.63, 3.8) is 0 Å². The zero-order valence-corrected chi connectivity index (χ0v) is 11.2. The molecule has 0 saturated heterocycles.